The van der Waals surface area contributed by atoms with E-state index in [0.717, 1.165) is 0 Å². The first-order valence-corrected chi connectivity index (χ1v) is 11.3. The molecule has 0 aliphatic carbocycles. The van der Waals surface area contributed by atoms with Crippen LogP contribution in [0.25, 0.3) is 22.3 Å². The van der Waals surface area contributed by atoms with E-state index in [0.29, 0.717) is 49.6 Å². The third-order valence-electron chi connectivity index (χ3n) is 6.01. The Bertz CT molecular complexity index is 1190. The smallest absolute Gasteiger partial charge is 0.223 e. The Morgan fingerprint density at radius 3 is 2.42 bits per heavy atom. The Morgan fingerprint density at radius 2 is 1.76 bits per heavy atom. The number of hydrogen-bond acceptors (Lipinski definition) is 6. The van der Waals surface area contributed by atoms with Crippen LogP contribution in [0, 0.1) is 5.92 Å². The zero-order chi connectivity index (χ0) is 23.5. The molecule has 1 aromatic heterocycles. The number of phenols is 2. The average Bonchev–Trinajstić information content (AvgIpc) is 2.79. The van der Waals surface area contributed by atoms with E-state index < -0.39 is 11.3 Å². The molecule has 33 heavy (non-hydrogen) atoms. The first-order valence-electron chi connectivity index (χ1n) is 11.3. The molecule has 174 valence electrons. The van der Waals surface area contributed by atoms with E-state index in [9.17, 15) is 19.8 Å². The summed E-state index contributed by atoms with van der Waals surface area (Å²) in [4.78, 5) is 27.8. The normalized spacial score (nSPS) is 15.2. The van der Waals surface area contributed by atoms with Crippen molar-refractivity contribution in [2.75, 3.05) is 26.3 Å². The molecule has 4 rings (SSSR count). The second-order valence-corrected chi connectivity index (χ2v) is 8.90. The van der Waals surface area contributed by atoms with Gasteiger partial charge in [0, 0.05) is 48.7 Å². The SMILES string of the molecule is CC(C)C[C@@H](CC(=O)N1CCOCC1)c1c(O)cc(O)c2c(=O)cc(-c3ccccc3)oc12. The van der Waals surface area contributed by atoms with Crippen molar-refractivity contribution in [3.8, 4) is 22.8 Å². The summed E-state index contributed by atoms with van der Waals surface area (Å²) in [5.74, 6) is -0.401. The largest absolute Gasteiger partial charge is 0.507 e. The number of benzene rings is 2. The van der Waals surface area contributed by atoms with Gasteiger partial charge in [0.1, 0.15) is 28.2 Å². The summed E-state index contributed by atoms with van der Waals surface area (Å²) in [5, 5.41) is 21.3. The summed E-state index contributed by atoms with van der Waals surface area (Å²) in [6.45, 7) is 6.15. The molecule has 0 radical (unpaired) electrons. The number of amides is 1. The maximum atomic E-state index is 13.1. The van der Waals surface area contributed by atoms with E-state index >= 15 is 0 Å². The molecule has 2 N–H and O–H groups in total. The monoisotopic (exact) mass is 451 g/mol. The molecule has 3 aromatic rings. The molecule has 2 heterocycles. The second kappa shape index (κ2) is 9.67. The minimum Gasteiger partial charge on any atom is -0.507 e. The lowest BCUT2D eigenvalue weighted by Gasteiger charge is -2.29. The highest BCUT2D eigenvalue weighted by Gasteiger charge is 2.29. The van der Waals surface area contributed by atoms with Crippen molar-refractivity contribution in [2.24, 2.45) is 5.92 Å². The van der Waals surface area contributed by atoms with Crippen LogP contribution < -0.4 is 5.43 Å². The number of hydrogen-bond donors (Lipinski definition) is 2. The lowest BCUT2D eigenvalue weighted by atomic mass is 9.85. The van der Waals surface area contributed by atoms with Gasteiger partial charge in [-0.05, 0) is 12.3 Å². The molecule has 1 amide bonds. The molecule has 2 aromatic carbocycles. The standard InChI is InChI=1S/C26H29NO6/c1-16(2)12-18(13-23(31)27-8-10-32-11-9-27)24-19(28)14-20(29)25-21(30)15-22(33-26(24)25)17-6-4-3-5-7-17/h3-7,14-16,18,28-29H,8-13H2,1-2H3/t18-/m0/s1. The van der Waals surface area contributed by atoms with Crippen LogP contribution in [0.3, 0.4) is 0 Å². The fraction of sp³-hybridized carbons (Fsp3) is 0.385. The Hall–Kier alpha value is -3.32. The van der Waals surface area contributed by atoms with Crippen LogP contribution in [0.1, 0.15) is 38.2 Å². The number of carbonyl (C=O) groups is 1. The predicted molar refractivity (Wildman–Crippen MR) is 125 cm³/mol. The summed E-state index contributed by atoms with van der Waals surface area (Å²) >= 11 is 0. The fourth-order valence-corrected chi connectivity index (χ4v) is 4.49. The number of carbonyl (C=O) groups excluding carboxylic acids is 1. The number of aromatic hydroxyl groups is 2. The van der Waals surface area contributed by atoms with Crippen LogP contribution in [0.5, 0.6) is 11.5 Å². The predicted octanol–water partition coefficient (Wildman–Crippen LogP) is 4.25. The average molecular weight is 452 g/mol. The van der Waals surface area contributed by atoms with Crippen molar-refractivity contribution >= 4 is 16.9 Å². The molecule has 7 nitrogen and oxygen atoms in total. The lowest BCUT2D eigenvalue weighted by molar-refractivity contribution is -0.135. The van der Waals surface area contributed by atoms with E-state index in [1.165, 1.54) is 12.1 Å². The third-order valence-corrected chi connectivity index (χ3v) is 6.01. The number of phenolic OH excluding ortho intramolecular Hbond substituents is 2. The molecule has 0 saturated carbocycles. The van der Waals surface area contributed by atoms with E-state index in [-0.39, 0.29) is 40.7 Å². The second-order valence-electron chi connectivity index (χ2n) is 8.90. The lowest BCUT2D eigenvalue weighted by Crippen LogP contribution is -2.41. The Kier molecular flexibility index (Phi) is 6.70. The van der Waals surface area contributed by atoms with Gasteiger partial charge in [0.2, 0.25) is 5.91 Å². The van der Waals surface area contributed by atoms with E-state index in [2.05, 4.69) is 0 Å². The Morgan fingerprint density at radius 1 is 1.06 bits per heavy atom. The van der Waals surface area contributed by atoms with Gasteiger partial charge >= 0.3 is 0 Å². The highest BCUT2D eigenvalue weighted by Crippen LogP contribution is 2.42. The molecule has 1 aliphatic rings. The number of morpholine rings is 1. The molecule has 7 heteroatoms. The summed E-state index contributed by atoms with van der Waals surface area (Å²) in [5.41, 5.74) is 0.805. The van der Waals surface area contributed by atoms with Gasteiger partial charge in [-0.1, -0.05) is 44.2 Å². The molecular weight excluding hydrogens is 422 g/mol. The van der Waals surface area contributed by atoms with Crippen LogP contribution in [-0.2, 0) is 9.53 Å². The highest BCUT2D eigenvalue weighted by molar-refractivity contribution is 5.90. The van der Waals surface area contributed by atoms with Crippen molar-refractivity contribution in [2.45, 2.75) is 32.6 Å². The van der Waals surface area contributed by atoms with Crippen molar-refractivity contribution in [3.05, 3.63) is 58.3 Å². The van der Waals surface area contributed by atoms with Gasteiger partial charge in [-0.15, -0.1) is 0 Å². The first kappa shape index (κ1) is 22.9. The van der Waals surface area contributed by atoms with Gasteiger partial charge in [-0.25, -0.2) is 0 Å². The van der Waals surface area contributed by atoms with E-state index in [1.807, 2.05) is 44.2 Å². The van der Waals surface area contributed by atoms with Crippen LogP contribution in [0.15, 0.2) is 51.7 Å². The topological polar surface area (TPSA) is 100 Å². The highest BCUT2D eigenvalue weighted by atomic mass is 16.5. The van der Waals surface area contributed by atoms with Crippen molar-refractivity contribution in [1.82, 2.24) is 4.90 Å². The number of rotatable bonds is 6. The quantitative estimate of drug-likeness (QED) is 0.581. The summed E-state index contributed by atoms with van der Waals surface area (Å²) in [6.07, 6.45) is 0.758. The summed E-state index contributed by atoms with van der Waals surface area (Å²) < 4.78 is 11.5. The minimum atomic E-state index is -0.406. The van der Waals surface area contributed by atoms with Gasteiger partial charge < -0.3 is 24.3 Å². The molecule has 1 fully saturated rings. The maximum Gasteiger partial charge on any atom is 0.223 e. The number of nitrogens with zero attached hydrogens (tertiary/aromatic N) is 1. The zero-order valence-corrected chi connectivity index (χ0v) is 18.9. The molecule has 1 aliphatic heterocycles. The van der Waals surface area contributed by atoms with Gasteiger partial charge in [0.25, 0.3) is 0 Å². The maximum absolute atomic E-state index is 13.1. The van der Waals surface area contributed by atoms with Gasteiger partial charge in [0.05, 0.1) is 13.2 Å². The fourth-order valence-electron chi connectivity index (χ4n) is 4.49. The van der Waals surface area contributed by atoms with Crippen molar-refractivity contribution in [3.63, 3.8) is 0 Å². The van der Waals surface area contributed by atoms with E-state index in [4.69, 9.17) is 9.15 Å². The molecule has 0 bridgehead atoms. The van der Waals surface area contributed by atoms with Crippen LogP contribution in [0.4, 0.5) is 0 Å². The summed E-state index contributed by atoms with van der Waals surface area (Å²) in [6, 6.07) is 11.7. The number of ether oxygens (including phenoxy) is 1. The molecular formula is C26H29NO6. The number of fused-ring (bicyclic) bond motifs is 1. The van der Waals surface area contributed by atoms with Crippen molar-refractivity contribution < 1.29 is 24.2 Å². The molecule has 0 spiro atoms. The molecule has 1 saturated heterocycles. The zero-order valence-electron chi connectivity index (χ0n) is 18.9. The van der Waals surface area contributed by atoms with Crippen LogP contribution >= 0.6 is 0 Å². The van der Waals surface area contributed by atoms with Crippen LogP contribution in [-0.4, -0.2) is 47.3 Å². The summed E-state index contributed by atoms with van der Waals surface area (Å²) in [7, 11) is 0. The van der Waals surface area contributed by atoms with Crippen molar-refractivity contribution in [1.29, 1.82) is 0 Å². The minimum absolute atomic E-state index is 0.00931. The molecule has 0 unspecified atom stereocenters. The Labute approximate surface area is 192 Å². The van der Waals surface area contributed by atoms with Gasteiger partial charge in [-0.3, -0.25) is 9.59 Å². The van der Waals surface area contributed by atoms with Gasteiger partial charge in [0.15, 0.2) is 5.43 Å². The van der Waals surface area contributed by atoms with E-state index in [1.54, 1.807) is 4.90 Å². The first-order chi connectivity index (χ1) is 15.8. The molecule has 1 atom stereocenters. The Balaban J connectivity index is 1.85. The van der Waals surface area contributed by atoms with Gasteiger partial charge in [-0.2, -0.15) is 0 Å². The third kappa shape index (κ3) is 4.88. The van der Waals surface area contributed by atoms with Crippen LogP contribution in [0.2, 0.25) is 0 Å².